The van der Waals surface area contributed by atoms with E-state index >= 15 is 0 Å². The fourth-order valence-corrected chi connectivity index (χ4v) is 4.65. The van der Waals surface area contributed by atoms with E-state index in [2.05, 4.69) is 71.3 Å². The van der Waals surface area contributed by atoms with Crippen molar-refractivity contribution in [2.45, 2.75) is 32.4 Å². The highest BCUT2D eigenvalue weighted by molar-refractivity contribution is 5.46. The molecule has 0 saturated carbocycles. The first-order chi connectivity index (χ1) is 12.8. The summed E-state index contributed by atoms with van der Waals surface area (Å²) >= 11 is 0. The first-order valence-electron chi connectivity index (χ1n) is 10.2. The minimum atomic E-state index is 0.800. The van der Waals surface area contributed by atoms with Crippen molar-refractivity contribution in [2.75, 3.05) is 44.2 Å². The van der Waals surface area contributed by atoms with Crippen LogP contribution in [0.2, 0.25) is 0 Å². The summed E-state index contributed by atoms with van der Waals surface area (Å²) in [4.78, 5) is 7.05. The number of piperidine rings is 1. The van der Waals surface area contributed by atoms with Gasteiger partial charge in [0.15, 0.2) is 0 Å². The fourth-order valence-electron chi connectivity index (χ4n) is 4.65. The summed E-state index contributed by atoms with van der Waals surface area (Å²) in [5, 5.41) is 0. The highest BCUT2D eigenvalue weighted by Gasteiger charge is 2.29. The van der Waals surface area contributed by atoms with Crippen LogP contribution >= 0.6 is 0 Å². The fraction of sp³-hybridized carbons (Fsp3) is 0.478. The largest absolute Gasteiger partial charge is 0.369 e. The topological polar surface area (TPSA) is 10.9 Å². The molecule has 0 spiro atoms. The highest BCUT2D eigenvalue weighted by atomic mass is 15.3. The maximum atomic E-state index is 2.75. The molecule has 0 radical (unpaired) electrons. The Morgan fingerprint density at radius 2 is 1.62 bits per heavy atom. The number of anilines is 1. The Balaban J connectivity index is 1.24. The highest BCUT2D eigenvalue weighted by Crippen LogP contribution is 2.19. The number of hydrogen-bond acceptors (Lipinski definition) is 2. The third-order valence-corrected chi connectivity index (χ3v) is 6.15. The van der Waals surface area contributed by atoms with Crippen LogP contribution in [-0.2, 0) is 6.54 Å². The van der Waals surface area contributed by atoms with Crippen LogP contribution in [-0.4, -0.2) is 50.2 Å². The van der Waals surface area contributed by atoms with E-state index in [0.717, 1.165) is 6.04 Å². The summed E-state index contributed by atoms with van der Waals surface area (Å²) in [7, 11) is 0. The summed E-state index contributed by atoms with van der Waals surface area (Å²) in [6.07, 6.45) is 2.71. The van der Waals surface area contributed by atoms with Gasteiger partial charge in [0, 0.05) is 56.3 Å². The van der Waals surface area contributed by atoms with Gasteiger partial charge in [0.2, 0.25) is 0 Å². The maximum Gasteiger partial charge on any atom is 0.103 e. The smallest absolute Gasteiger partial charge is 0.103 e. The van der Waals surface area contributed by atoms with Crippen molar-refractivity contribution in [2.24, 2.45) is 0 Å². The second-order valence-corrected chi connectivity index (χ2v) is 8.01. The zero-order chi connectivity index (χ0) is 17.8. The summed E-state index contributed by atoms with van der Waals surface area (Å²) in [6, 6.07) is 20.7. The van der Waals surface area contributed by atoms with Crippen LogP contribution in [0.3, 0.4) is 0 Å². The number of aryl methyl sites for hydroxylation is 1. The number of benzene rings is 2. The number of quaternary nitrogens is 1. The van der Waals surface area contributed by atoms with E-state index in [4.69, 9.17) is 0 Å². The third kappa shape index (κ3) is 4.28. The molecule has 2 aliphatic rings. The van der Waals surface area contributed by atoms with Crippen molar-refractivity contribution in [3.63, 3.8) is 0 Å². The summed E-state index contributed by atoms with van der Waals surface area (Å²) in [5.41, 5.74) is 4.26. The van der Waals surface area contributed by atoms with Crippen LogP contribution in [0.5, 0.6) is 0 Å². The van der Waals surface area contributed by atoms with Crippen molar-refractivity contribution in [1.29, 1.82) is 0 Å². The van der Waals surface area contributed by atoms with Gasteiger partial charge in [0.1, 0.15) is 6.54 Å². The van der Waals surface area contributed by atoms with E-state index < -0.39 is 0 Å². The Kier molecular flexibility index (Phi) is 5.57. The number of nitrogens with one attached hydrogen (secondary N) is 1. The van der Waals surface area contributed by atoms with Gasteiger partial charge in [0.25, 0.3) is 0 Å². The van der Waals surface area contributed by atoms with Crippen LogP contribution in [0.1, 0.15) is 24.0 Å². The van der Waals surface area contributed by atoms with Crippen LogP contribution in [0.25, 0.3) is 0 Å². The Bertz CT molecular complexity index is 684. The molecule has 0 amide bonds. The van der Waals surface area contributed by atoms with E-state index in [1.165, 1.54) is 75.5 Å². The number of rotatable bonds is 4. The Morgan fingerprint density at radius 3 is 2.31 bits per heavy atom. The second-order valence-electron chi connectivity index (χ2n) is 8.01. The molecule has 2 aliphatic heterocycles. The predicted molar refractivity (Wildman–Crippen MR) is 109 cm³/mol. The van der Waals surface area contributed by atoms with Gasteiger partial charge >= 0.3 is 0 Å². The lowest BCUT2D eigenvalue weighted by Crippen LogP contribution is -3.12. The minimum Gasteiger partial charge on any atom is -0.369 e. The number of nitrogens with zero attached hydrogens (tertiary/aromatic N) is 2. The van der Waals surface area contributed by atoms with Gasteiger partial charge in [-0.05, 0) is 19.1 Å². The summed E-state index contributed by atoms with van der Waals surface area (Å²) in [5.74, 6) is 0. The molecular formula is C23H32N3+. The predicted octanol–water partition coefficient (Wildman–Crippen LogP) is 2.36. The first-order valence-corrected chi connectivity index (χ1v) is 10.2. The van der Waals surface area contributed by atoms with Gasteiger partial charge in [-0.25, -0.2) is 0 Å². The van der Waals surface area contributed by atoms with Gasteiger partial charge in [-0.3, -0.25) is 4.90 Å². The van der Waals surface area contributed by atoms with Gasteiger partial charge in [-0.15, -0.1) is 0 Å². The average molecular weight is 351 g/mol. The van der Waals surface area contributed by atoms with E-state index in [-0.39, 0.29) is 0 Å². The zero-order valence-corrected chi connectivity index (χ0v) is 16.0. The molecule has 0 atom stereocenters. The lowest BCUT2D eigenvalue weighted by atomic mass is 10.0. The standard InChI is InChI=1S/C23H31N3/c1-20-6-5-7-21(18-20)19-24-12-10-23(11-13-24)26-16-14-25(15-17-26)22-8-3-2-4-9-22/h2-9,18,23H,10-17,19H2,1H3/p+1. The molecule has 2 saturated heterocycles. The third-order valence-electron chi connectivity index (χ3n) is 6.15. The Morgan fingerprint density at radius 1 is 0.885 bits per heavy atom. The molecule has 2 aromatic carbocycles. The molecule has 138 valence electrons. The number of para-hydroxylation sites is 1. The average Bonchev–Trinajstić information content (AvgIpc) is 2.70. The van der Waals surface area contributed by atoms with E-state index in [1.807, 2.05) is 0 Å². The van der Waals surface area contributed by atoms with E-state index in [1.54, 1.807) is 4.90 Å². The molecule has 1 N–H and O–H groups in total. The number of likely N-dealkylation sites (tertiary alicyclic amines) is 1. The van der Waals surface area contributed by atoms with Gasteiger partial charge in [-0.1, -0.05) is 48.0 Å². The van der Waals surface area contributed by atoms with Gasteiger partial charge in [-0.2, -0.15) is 0 Å². The van der Waals surface area contributed by atoms with Gasteiger partial charge in [0.05, 0.1) is 13.1 Å². The zero-order valence-electron chi connectivity index (χ0n) is 16.0. The SMILES string of the molecule is Cc1cccc(C[NH+]2CCC(N3CCN(c4ccccc4)CC3)CC2)c1. The second kappa shape index (κ2) is 8.24. The quantitative estimate of drug-likeness (QED) is 0.908. The molecule has 4 rings (SSSR count). The molecule has 2 heterocycles. The van der Waals surface area contributed by atoms with Crippen molar-refractivity contribution in [3.05, 3.63) is 65.7 Å². The minimum absolute atomic E-state index is 0.800. The van der Waals surface area contributed by atoms with Crippen molar-refractivity contribution >= 4 is 5.69 Å². The molecule has 0 aromatic heterocycles. The number of piperazine rings is 1. The number of hydrogen-bond donors (Lipinski definition) is 1. The van der Waals surface area contributed by atoms with Crippen LogP contribution in [0.4, 0.5) is 5.69 Å². The molecule has 3 heteroatoms. The Hall–Kier alpha value is -1.84. The maximum absolute atomic E-state index is 2.75. The molecule has 0 bridgehead atoms. The molecule has 26 heavy (non-hydrogen) atoms. The summed E-state index contributed by atoms with van der Waals surface area (Å²) < 4.78 is 0. The molecule has 0 unspecified atom stereocenters. The van der Waals surface area contributed by atoms with Crippen molar-refractivity contribution in [3.8, 4) is 0 Å². The van der Waals surface area contributed by atoms with E-state index in [0.29, 0.717) is 0 Å². The normalized spacial score (nSPS) is 24.6. The summed E-state index contributed by atoms with van der Waals surface area (Å²) in [6.45, 7) is 10.8. The first kappa shape index (κ1) is 17.6. The molecule has 0 aliphatic carbocycles. The van der Waals surface area contributed by atoms with Crippen LogP contribution < -0.4 is 9.80 Å². The molecule has 3 nitrogen and oxygen atoms in total. The van der Waals surface area contributed by atoms with E-state index in [9.17, 15) is 0 Å². The van der Waals surface area contributed by atoms with Crippen LogP contribution in [0, 0.1) is 6.92 Å². The van der Waals surface area contributed by atoms with Crippen molar-refractivity contribution < 1.29 is 4.90 Å². The molecular weight excluding hydrogens is 318 g/mol. The molecule has 2 aromatic rings. The van der Waals surface area contributed by atoms with Crippen LogP contribution in [0.15, 0.2) is 54.6 Å². The lowest BCUT2D eigenvalue weighted by molar-refractivity contribution is -0.919. The van der Waals surface area contributed by atoms with Gasteiger partial charge < -0.3 is 9.80 Å². The van der Waals surface area contributed by atoms with Crippen molar-refractivity contribution in [1.82, 2.24) is 4.90 Å². The lowest BCUT2D eigenvalue weighted by Gasteiger charge is -2.42. The Labute approximate surface area is 158 Å². The monoisotopic (exact) mass is 350 g/mol. The molecule has 2 fully saturated rings.